The van der Waals surface area contributed by atoms with Crippen molar-refractivity contribution in [2.45, 2.75) is 53.1 Å². The molecule has 3 aromatic rings. The zero-order chi connectivity index (χ0) is 24.8. The molecule has 178 valence electrons. The fourth-order valence-electron chi connectivity index (χ4n) is 4.24. The number of phenolic OH excluding ortho intramolecular Hbond substituents is 2. The molecule has 0 amide bonds. The normalized spacial score (nSPS) is 16.8. The Hall–Kier alpha value is -3.67. The zero-order valence-electron chi connectivity index (χ0n) is 20.4. The molecule has 2 aromatic carbocycles. The summed E-state index contributed by atoms with van der Waals surface area (Å²) >= 11 is 0. The monoisotopic (exact) mass is 462 g/mol. The summed E-state index contributed by atoms with van der Waals surface area (Å²) in [5, 5.41) is 21.8. The largest absolute Gasteiger partial charge is 0.507 e. The third-order valence-corrected chi connectivity index (χ3v) is 6.03. The summed E-state index contributed by atoms with van der Waals surface area (Å²) in [7, 11) is 1.44. The van der Waals surface area contributed by atoms with Crippen LogP contribution in [0.2, 0.25) is 0 Å². The molecular weight excluding hydrogens is 432 g/mol. The molecule has 0 saturated heterocycles. The smallest absolute Gasteiger partial charge is 0.204 e. The number of allylic oxidation sites excluding steroid dienone is 3. The number of phenols is 2. The molecule has 0 spiro atoms. The van der Waals surface area contributed by atoms with Crippen LogP contribution in [0.3, 0.4) is 0 Å². The van der Waals surface area contributed by atoms with E-state index in [2.05, 4.69) is 6.08 Å². The van der Waals surface area contributed by atoms with Gasteiger partial charge in [0.15, 0.2) is 17.1 Å². The van der Waals surface area contributed by atoms with Gasteiger partial charge in [0.1, 0.15) is 28.1 Å². The molecule has 1 aliphatic rings. The number of rotatable bonds is 5. The van der Waals surface area contributed by atoms with Gasteiger partial charge in [0.25, 0.3) is 0 Å². The molecule has 0 saturated carbocycles. The molecule has 0 bridgehead atoms. The van der Waals surface area contributed by atoms with Crippen LogP contribution in [-0.2, 0) is 6.42 Å². The van der Waals surface area contributed by atoms with Crippen molar-refractivity contribution in [3.63, 3.8) is 0 Å². The first-order chi connectivity index (χ1) is 16.0. The molecule has 4 rings (SSSR count). The van der Waals surface area contributed by atoms with E-state index in [1.165, 1.54) is 24.8 Å². The highest BCUT2D eigenvalue weighted by molar-refractivity contribution is 6.00. The van der Waals surface area contributed by atoms with Gasteiger partial charge in [-0.2, -0.15) is 0 Å². The van der Waals surface area contributed by atoms with Crippen molar-refractivity contribution in [2.24, 2.45) is 0 Å². The molecular formula is C28H30O6. The molecule has 6 nitrogen and oxygen atoms in total. The van der Waals surface area contributed by atoms with Gasteiger partial charge in [-0.15, -0.1) is 0 Å². The Morgan fingerprint density at radius 2 is 1.76 bits per heavy atom. The van der Waals surface area contributed by atoms with E-state index in [1.54, 1.807) is 0 Å². The summed E-state index contributed by atoms with van der Waals surface area (Å²) in [5.41, 5.74) is 2.76. The first kappa shape index (κ1) is 23.5. The van der Waals surface area contributed by atoms with Crippen LogP contribution < -0.4 is 14.9 Å². The molecule has 0 fully saturated rings. The lowest BCUT2D eigenvalue weighted by Crippen LogP contribution is -2.31. The number of hydrogen-bond acceptors (Lipinski definition) is 6. The summed E-state index contributed by atoms with van der Waals surface area (Å²) in [6.45, 7) is 9.91. The molecule has 0 aliphatic carbocycles. The fraction of sp³-hybridized carbons (Fsp3) is 0.321. The highest BCUT2D eigenvalue weighted by atomic mass is 16.5. The minimum Gasteiger partial charge on any atom is -0.507 e. The molecule has 34 heavy (non-hydrogen) atoms. The summed E-state index contributed by atoms with van der Waals surface area (Å²) in [4.78, 5) is 13.7. The number of aromatic hydroxyl groups is 2. The predicted molar refractivity (Wildman–Crippen MR) is 135 cm³/mol. The summed E-state index contributed by atoms with van der Waals surface area (Å²) < 4.78 is 17.8. The van der Waals surface area contributed by atoms with Crippen LogP contribution >= 0.6 is 0 Å². The zero-order valence-corrected chi connectivity index (χ0v) is 20.4. The van der Waals surface area contributed by atoms with Gasteiger partial charge < -0.3 is 24.1 Å². The van der Waals surface area contributed by atoms with Gasteiger partial charge in [0.2, 0.25) is 5.43 Å². The number of methoxy groups -OCH3 is 1. The minimum absolute atomic E-state index is 0.0681. The van der Waals surface area contributed by atoms with Crippen molar-refractivity contribution >= 4 is 28.0 Å². The van der Waals surface area contributed by atoms with Gasteiger partial charge in [-0.3, -0.25) is 4.79 Å². The molecule has 2 heterocycles. The lowest BCUT2D eigenvalue weighted by molar-refractivity contribution is 0.140. The van der Waals surface area contributed by atoms with Crippen molar-refractivity contribution in [1.29, 1.82) is 0 Å². The second-order valence-electron chi connectivity index (χ2n) is 9.44. The van der Waals surface area contributed by atoms with Crippen molar-refractivity contribution < 1.29 is 24.1 Å². The first-order valence-corrected chi connectivity index (χ1v) is 11.2. The second kappa shape index (κ2) is 8.60. The second-order valence-corrected chi connectivity index (χ2v) is 9.44. The number of hydrogen-bond donors (Lipinski definition) is 2. The average molecular weight is 463 g/mol. The van der Waals surface area contributed by atoms with E-state index in [0.717, 1.165) is 5.57 Å². The van der Waals surface area contributed by atoms with Gasteiger partial charge in [-0.1, -0.05) is 23.3 Å². The highest BCUT2D eigenvalue weighted by Gasteiger charge is 2.30. The van der Waals surface area contributed by atoms with E-state index < -0.39 is 11.0 Å². The molecule has 1 atom stereocenters. The topological polar surface area (TPSA) is 89.1 Å². The van der Waals surface area contributed by atoms with Gasteiger partial charge >= 0.3 is 0 Å². The van der Waals surface area contributed by atoms with Crippen molar-refractivity contribution in [2.75, 3.05) is 7.11 Å². The van der Waals surface area contributed by atoms with E-state index in [1.807, 2.05) is 52.8 Å². The van der Waals surface area contributed by atoms with Gasteiger partial charge in [0, 0.05) is 24.1 Å². The Bertz CT molecular complexity index is 1450. The Balaban J connectivity index is 2.01. The number of fused-ring (bicyclic) bond motifs is 4. The highest BCUT2D eigenvalue weighted by Crippen LogP contribution is 2.43. The van der Waals surface area contributed by atoms with Crippen molar-refractivity contribution in [3.05, 3.63) is 62.9 Å². The summed E-state index contributed by atoms with van der Waals surface area (Å²) in [6.07, 6.45) is 8.85. The maximum absolute atomic E-state index is 13.7. The van der Waals surface area contributed by atoms with Crippen LogP contribution in [0.1, 0.15) is 52.2 Å². The standard InChI is InChI=1S/C28H30O6/c1-15(2)7-8-18-23-22(14-20(30)26(18)32-6)33-27-17-10-12-28(5,11-9-16(3)4)34-21(17)13-19(29)24(27)25(23)31/h7,9-10,12-14,29-30H,8,11H2,1-6H3. The number of benzene rings is 2. The van der Waals surface area contributed by atoms with Crippen LogP contribution in [0.25, 0.3) is 28.0 Å². The maximum atomic E-state index is 13.7. The van der Waals surface area contributed by atoms with Crippen molar-refractivity contribution in [3.8, 4) is 23.0 Å². The molecule has 6 heteroatoms. The Labute approximate surface area is 198 Å². The van der Waals surface area contributed by atoms with E-state index >= 15 is 0 Å². The van der Waals surface area contributed by atoms with E-state index in [4.69, 9.17) is 13.9 Å². The molecule has 1 unspecified atom stereocenters. The van der Waals surface area contributed by atoms with E-state index in [-0.39, 0.29) is 39.2 Å². The third kappa shape index (κ3) is 4.04. The molecule has 1 aromatic heterocycles. The van der Waals surface area contributed by atoms with Crippen LogP contribution in [0.4, 0.5) is 0 Å². The van der Waals surface area contributed by atoms with Crippen LogP contribution in [0, 0.1) is 0 Å². The predicted octanol–water partition coefficient (Wildman–Crippen LogP) is 6.40. The SMILES string of the molecule is COc1c(O)cc2oc3c4c(cc(O)c3c(=O)c2c1CC=C(C)C)OC(C)(CC=C(C)C)C=C4. The lowest BCUT2D eigenvalue weighted by atomic mass is 9.94. The quantitative estimate of drug-likeness (QED) is 0.337. The summed E-state index contributed by atoms with van der Waals surface area (Å²) in [6, 6.07) is 2.85. The van der Waals surface area contributed by atoms with Gasteiger partial charge in [-0.05, 0) is 53.2 Å². The Morgan fingerprint density at radius 1 is 1.06 bits per heavy atom. The fourth-order valence-corrected chi connectivity index (χ4v) is 4.24. The van der Waals surface area contributed by atoms with Crippen LogP contribution in [0.5, 0.6) is 23.0 Å². The van der Waals surface area contributed by atoms with Gasteiger partial charge in [0.05, 0.1) is 18.1 Å². The number of ether oxygens (including phenoxy) is 2. The van der Waals surface area contributed by atoms with Crippen molar-refractivity contribution in [1.82, 2.24) is 0 Å². The van der Waals surface area contributed by atoms with E-state index in [0.29, 0.717) is 29.7 Å². The summed E-state index contributed by atoms with van der Waals surface area (Å²) in [5.74, 6) is 0.309. The average Bonchev–Trinajstić information content (AvgIpc) is 2.75. The first-order valence-electron chi connectivity index (χ1n) is 11.2. The lowest BCUT2D eigenvalue weighted by Gasteiger charge is -2.31. The molecule has 2 N–H and O–H groups in total. The minimum atomic E-state index is -0.593. The van der Waals surface area contributed by atoms with Crippen LogP contribution in [-0.4, -0.2) is 22.9 Å². The van der Waals surface area contributed by atoms with Crippen LogP contribution in [0.15, 0.2) is 50.7 Å². The molecule has 1 aliphatic heterocycles. The van der Waals surface area contributed by atoms with Gasteiger partial charge in [-0.25, -0.2) is 0 Å². The third-order valence-electron chi connectivity index (χ3n) is 6.03. The molecule has 0 radical (unpaired) electrons. The maximum Gasteiger partial charge on any atom is 0.204 e. The van der Waals surface area contributed by atoms with E-state index in [9.17, 15) is 15.0 Å². The Kier molecular flexibility index (Phi) is 5.94. The Morgan fingerprint density at radius 3 is 2.41 bits per heavy atom.